The normalized spacial score (nSPS) is 9.08. The van der Waals surface area contributed by atoms with Crippen LogP contribution in [0.1, 0.15) is 5.56 Å². The molecule has 0 spiro atoms. The second kappa shape index (κ2) is 3.67. The van der Waals surface area contributed by atoms with Gasteiger partial charge in [-0.3, -0.25) is 0 Å². The van der Waals surface area contributed by atoms with Crippen molar-refractivity contribution in [1.82, 2.24) is 0 Å². The van der Waals surface area contributed by atoms with Crippen LogP contribution in [0.5, 0.6) is 0 Å². The number of nitrogens with zero attached hydrogens (tertiary/aromatic N) is 2. The molecule has 0 aliphatic carbocycles. The van der Waals surface area contributed by atoms with E-state index in [0.717, 1.165) is 11.3 Å². The van der Waals surface area contributed by atoms with Crippen LogP contribution in [0.15, 0.2) is 36.1 Å². The lowest BCUT2D eigenvalue weighted by Gasteiger charge is -2.07. The molecule has 0 N–H and O–H groups in total. The molecule has 0 aliphatic heterocycles. The van der Waals surface area contributed by atoms with Gasteiger partial charge in [0.25, 0.3) is 0 Å². The van der Waals surface area contributed by atoms with Gasteiger partial charge in [0.1, 0.15) is 0 Å². The van der Waals surface area contributed by atoms with E-state index >= 15 is 0 Å². The number of hydrogen-bond acceptors (Lipinski definition) is 2. The molecular weight excluding hydrogens is 152 g/mol. The van der Waals surface area contributed by atoms with Crippen LogP contribution in [0.2, 0.25) is 0 Å². The van der Waals surface area contributed by atoms with E-state index in [2.05, 4.69) is 11.9 Å². The van der Waals surface area contributed by atoms with Crippen molar-refractivity contribution < 1.29 is 0 Å². The summed E-state index contributed by atoms with van der Waals surface area (Å²) in [4.78, 5) is 10.1. The molecule has 0 saturated heterocycles. The van der Waals surface area contributed by atoms with Gasteiger partial charge in [0, 0.05) is 7.05 Å². The van der Waals surface area contributed by atoms with Gasteiger partial charge in [0.2, 0.25) is 0 Å². The first-order valence-electron chi connectivity index (χ1n) is 3.57. The van der Waals surface area contributed by atoms with Gasteiger partial charge >= 0.3 is 0 Å². The van der Waals surface area contributed by atoms with Gasteiger partial charge in [0.15, 0.2) is 0 Å². The molecule has 0 heterocycles. The standard InChI is InChI=1S/C9H10N2O/c1-3-8-4-6-9(7-5-8)11(2)10-12/h3-7H,1H2,2H3. The molecule has 0 aromatic heterocycles. The highest BCUT2D eigenvalue weighted by molar-refractivity contribution is 5.54. The molecule has 0 atom stereocenters. The zero-order chi connectivity index (χ0) is 8.97. The van der Waals surface area contributed by atoms with Crippen LogP contribution in [0.4, 0.5) is 5.69 Å². The fraction of sp³-hybridized carbons (Fsp3) is 0.111. The summed E-state index contributed by atoms with van der Waals surface area (Å²) in [6, 6.07) is 7.39. The quantitative estimate of drug-likeness (QED) is 0.505. The maximum atomic E-state index is 10.1. The zero-order valence-electron chi connectivity index (χ0n) is 6.90. The Morgan fingerprint density at radius 1 is 1.42 bits per heavy atom. The molecule has 0 fully saturated rings. The van der Waals surface area contributed by atoms with Crippen molar-refractivity contribution in [3.63, 3.8) is 0 Å². The van der Waals surface area contributed by atoms with Gasteiger partial charge in [-0.05, 0) is 17.7 Å². The summed E-state index contributed by atoms with van der Waals surface area (Å²) in [7, 11) is 1.61. The minimum absolute atomic E-state index is 0.774. The van der Waals surface area contributed by atoms with E-state index in [9.17, 15) is 4.91 Å². The number of benzene rings is 1. The summed E-state index contributed by atoms with van der Waals surface area (Å²) < 4.78 is 0. The van der Waals surface area contributed by atoms with Crippen LogP contribution >= 0.6 is 0 Å². The van der Waals surface area contributed by atoms with Crippen LogP contribution in [0.3, 0.4) is 0 Å². The number of nitroso groups, excluding NO2 is 1. The van der Waals surface area contributed by atoms with Crippen molar-refractivity contribution in [3.05, 3.63) is 41.3 Å². The molecule has 3 nitrogen and oxygen atoms in total. The maximum Gasteiger partial charge on any atom is 0.0623 e. The van der Waals surface area contributed by atoms with E-state index in [-0.39, 0.29) is 0 Å². The van der Waals surface area contributed by atoms with Gasteiger partial charge in [-0.25, -0.2) is 5.01 Å². The molecule has 1 aromatic rings. The van der Waals surface area contributed by atoms with Crippen molar-refractivity contribution in [3.8, 4) is 0 Å². The summed E-state index contributed by atoms with van der Waals surface area (Å²) in [5, 5.41) is 4.04. The Bertz CT molecular complexity index is 279. The van der Waals surface area contributed by atoms with E-state index in [0.29, 0.717) is 0 Å². The van der Waals surface area contributed by atoms with Crippen LogP contribution in [0.25, 0.3) is 6.08 Å². The third-order valence-corrected chi connectivity index (χ3v) is 1.62. The number of anilines is 1. The largest absolute Gasteiger partial charge is 0.232 e. The fourth-order valence-electron chi connectivity index (χ4n) is 0.873. The lowest BCUT2D eigenvalue weighted by atomic mass is 10.2. The van der Waals surface area contributed by atoms with Gasteiger partial charge in [0.05, 0.1) is 11.0 Å². The van der Waals surface area contributed by atoms with E-state index in [4.69, 9.17) is 0 Å². The SMILES string of the molecule is C=Cc1ccc(N(C)N=O)cc1. The Hall–Kier alpha value is -1.64. The van der Waals surface area contributed by atoms with Crippen LogP contribution in [-0.2, 0) is 0 Å². The molecule has 0 bridgehead atoms. The highest BCUT2D eigenvalue weighted by Crippen LogP contribution is 2.13. The lowest BCUT2D eigenvalue weighted by molar-refractivity contribution is 1.00. The van der Waals surface area contributed by atoms with Crippen LogP contribution in [-0.4, -0.2) is 7.05 Å². The molecule has 3 heteroatoms. The summed E-state index contributed by atoms with van der Waals surface area (Å²) in [5.74, 6) is 0. The van der Waals surface area contributed by atoms with E-state index in [1.807, 2.05) is 24.3 Å². The van der Waals surface area contributed by atoms with Crippen molar-refractivity contribution >= 4 is 11.8 Å². The monoisotopic (exact) mass is 162 g/mol. The first-order valence-corrected chi connectivity index (χ1v) is 3.57. The molecule has 0 radical (unpaired) electrons. The van der Waals surface area contributed by atoms with Crippen molar-refractivity contribution in [1.29, 1.82) is 0 Å². The molecule has 0 unspecified atom stereocenters. The molecular formula is C9H10N2O. The lowest BCUT2D eigenvalue weighted by Crippen LogP contribution is -2.05. The highest BCUT2D eigenvalue weighted by atomic mass is 16.3. The fourth-order valence-corrected chi connectivity index (χ4v) is 0.873. The van der Waals surface area contributed by atoms with E-state index in [1.165, 1.54) is 5.01 Å². The Balaban J connectivity index is 2.91. The average Bonchev–Trinajstić information content (AvgIpc) is 2.17. The summed E-state index contributed by atoms with van der Waals surface area (Å²) >= 11 is 0. The first-order chi connectivity index (χ1) is 5.77. The van der Waals surface area contributed by atoms with Gasteiger partial charge in [-0.1, -0.05) is 24.8 Å². The first kappa shape index (κ1) is 8.46. The summed E-state index contributed by atoms with van der Waals surface area (Å²) in [6.07, 6.45) is 1.75. The third kappa shape index (κ3) is 1.69. The number of hydrogen-bond donors (Lipinski definition) is 0. The highest BCUT2D eigenvalue weighted by Gasteiger charge is 1.97. The number of rotatable bonds is 3. The molecule has 0 saturated carbocycles. The van der Waals surface area contributed by atoms with Gasteiger partial charge in [-0.2, -0.15) is 0 Å². The topological polar surface area (TPSA) is 32.7 Å². The maximum absolute atomic E-state index is 10.1. The molecule has 1 aromatic carbocycles. The predicted octanol–water partition coefficient (Wildman–Crippen LogP) is 2.45. The average molecular weight is 162 g/mol. The Kier molecular flexibility index (Phi) is 2.58. The van der Waals surface area contributed by atoms with Crippen molar-refractivity contribution in [2.24, 2.45) is 5.29 Å². The Labute approximate surface area is 71.3 Å². The van der Waals surface area contributed by atoms with Crippen molar-refractivity contribution in [2.45, 2.75) is 0 Å². The summed E-state index contributed by atoms with van der Waals surface area (Å²) in [5.41, 5.74) is 1.80. The predicted molar refractivity (Wildman–Crippen MR) is 50.7 cm³/mol. The minimum atomic E-state index is 0.774. The third-order valence-electron chi connectivity index (χ3n) is 1.62. The van der Waals surface area contributed by atoms with Crippen LogP contribution < -0.4 is 5.01 Å². The van der Waals surface area contributed by atoms with Gasteiger partial charge in [-0.15, -0.1) is 4.91 Å². The molecule has 0 amide bonds. The minimum Gasteiger partial charge on any atom is -0.232 e. The summed E-state index contributed by atoms with van der Waals surface area (Å²) in [6.45, 7) is 3.63. The van der Waals surface area contributed by atoms with E-state index < -0.39 is 0 Å². The Morgan fingerprint density at radius 2 is 2.00 bits per heavy atom. The Morgan fingerprint density at radius 3 is 2.42 bits per heavy atom. The van der Waals surface area contributed by atoms with Gasteiger partial charge < -0.3 is 0 Å². The van der Waals surface area contributed by atoms with E-state index in [1.54, 1.807) is 13.1 Å². The second-order valence-electron chi connectivity index (χ2n) is 2.40. The molecule has 62 valence electrons. The smallest absolute Gasteiger partial charge is 0.0623 e. The van der Waals surface area contributed by atoms with Crippen LogP contribution in [0, 0.1) is 4.91 Å². The zero-order valence-corrected chi connectivity index (χ0v) is 6.90. The molecule has 0 aliphatic rings. The second-order valence-corrected chi connectivity index (χ2v) is 2.40. The molecule has 1 rings (SSSR count). The van der Waals surface area contributed by atoms with Crippen molar-refractivity contribution in [2.75, 3.05) is 12.1 Å². The molecule has 12 heavy (non-hydrogen) atoms.